The van der Waals surface area contributed by atoms with E-state index in [0.29, 0.717) is 28.6 Å². The van der Waals surface area contributed by atoms with Crippen molar-refractivity contribution >= 4 is 39.1 Å². The molecule has 1 aliphatic heterocycles. The van der Waals surface area contributed by atoms with Gasteiger partial charge in [0.1, 0.15) is 0 Å². The van der Waals surface area contributed by atoms with Gasteiger partial charge in [0.05, 0.1) is 11.7 Å². The Hall–Kier alpha value is -0.820. The lowest BCUT2D eigenvalue weighted by molar-refractivity contribution is -0.126. The number of piperidine rings is 1. The average molecular weight is 419 g/mol. The number of nitrogens with zero attached hydrogens (tertiary/aromatic N) is 1. The van der Waals surface area contributed by atoms with Crippen LogP contribution in [0.15, 0.2) is 18.2 Å². The summed E-state index contributed by atoms with van der Waals surface area (Å²) in [6, 6.07) is 5.06. The van der Waals surface area contributed by atoms with E-state index >= 15 is 0 Å². The molecule has 0 spiro atoms. The first-order valence-corrected chi connectivity index (χ1v) is 11.4. The van der Waals surface area contributed by atoms with Gasteiger partial charge in [-0.1, -0.05) is 42.1 Å². The quantitative estimate of drug-likeness (QED) is 0.793. The molecule has 1 saturated carbocycles. The van der Waals surface area contributed by atoms with Crippen LogP contribution in [0.2, 0.25) is 10.0 Å². The summed E-state index contributed by atoms with van der Waals surface area (Å²) in [6.07, 6.45) is 5.77. The van der Waals surface area contributed by atoms with Crippen molar-refractivity contribution < 1.29 is 13.2 Å². The van der Waals surface area contributed by atoms with E-state index in [1.807, 2.05) is 0 Å². The van der Waals surface area contributed by atoms with Gasteiger partial charge in [0.25, 0.3) is 0 Å². The van der Waals surface area contributed by atoms with Gasteiger partial charge in [-0.3, -0.25) is 4.79 Å². The molecule has 2 aliphatic rings. The van der Waals surface area contributed by atoms with Crippen LogP contribution in [0, 0.1) is 5.92 Å². The first-order valence-electron chi connectivity index (χ1n) is 9.07. The Morgan fingerprint density at radius 3 is 2.58 bits per heavy atom. The first kappa shape index (κ1) is 19.9. The highest BCUT2D eigenvalue weighted by Gasteiger charge is 2.33. The molecule has 26 heavy (non-hydrogen) atoms. The van der Waals surface area contributed by atoms with E-state index in [-0.39, 0.29) is 30.2 Å². The summed E-state index contributed by atoms with van der Waals surface area (Å²) in [5, 5.41) is 3.90. The zero-order valence-corrected chi connectivity index (χ0v) is 16.9. The molecule has 0 bridgehead atoms. The van der Waals surface area contributed by atoms with Crippen LogP contribution in [0.5, 0.6) is 0 Å². The fourth-order valence-electron chi connectivity index (χ4n) is 3.72. The predicted octanol–water partition coefficient (Wildman–Crippen LogP) is 3.59. The van der Waals surface area contributed by atoms with Gasteiger partial charge in [0, 0.05) is 29.2 Å². The highest BCUT2D eigenvalue weighted by Crippen LogP contribution is 2.27. The molecule has 2 fully saturated rings. The zero-order chi connectivity index (χ0) is 18.7. The van der Waals surface area contributed by atoms with Crippen LogP contribution in [-0.2, 0) is 20.6 Å². The number of amides is 1. The number of sulfonamides is 1. The maximum Gasteiger partial charge on any atom is 0.224 e. The Morgan fingerprint density at radius 1 is 1.15 bits per heavy atom. The Bertz CT molecular complexity index is 764. The SMILES string of the molecule is O=C(NC1CCCC1)C1CCCN(S(=O)(=O)Cc2ccc(Cl)cc2Cl)C1. The second-order valence-electron chi connectivity index (χ2n) is 7.18. The molecular formula is C18H24Cl2N2O3S. The van der Waals surface area contributed by atoms with Gasteiger partial charge in [-0.05, 0) is 43.4 Å². The Kier molecular flexibility index (Phi) is 6.49. The van der Waals surface area contributed by atoms with E-state index in [4.69, 9.17) is 23.2 Å². The minimum absolute atomic E-state index is 0.0127. The Balaban J connectivity index is 1.64. The number of carbonyl (C=O) groups is 1. The van der Waals surface area contributed by atoms with Crippen molar-refractivity contribution in [3.63, 3.8) is 0 Å². The molecule has 8 heteroatoms. The number of hydrogen-bond acceptors (Lipinski definition) is 3. The van der Waals surface area contributed by atoms with Gasteiger partial charge in [0.15, 0.2) is 0 Å². The fraction of sp³-hybridized carbons (Fsp3) is 0.611. The number of hydrogen-bond donors (Lipinski definition) is 1. The number of halogens is 2. The molecule has 5 nitrogen and oxygen atoms in total. The molecule has 1 N–H and O–H groups in total. The van der Waals surface area contributed by atoms with Crippen LogP contribution in [0.25, 0.3) is 0 Å². The van der Waals surface area contributed by atoms with Crippen molar-refractivity contribution in [2.24, 2.45) is 5.92 Å². The molecular weight excluding hydrogens is 395 g/mol. The maximum absolute atomic E-state index is 12.8. The van der Waals surface area contributed by atoms with Crippen molar-refractivity contribution in [2.45, 2.75) is 50.3 Å². The number of carbonyl (C=O) groups excluding carboxylic acids is 1. The van der Waals surface area contributed by atoms with Gasteiger partial charge in [-0.25, -0.2) is 12.7 Å². The second kappa shape index (κ2) is 8.46. The van der Waals surface area contributed by atoms with E-state index < -0.39 is 10.0 Å². The monoisotopic (exact) mass is 418 g/mol. The van der Waals surface area contributed by atoms with Gasteiger partial charge in [0.2, 0.25) is 15.9 Å². The lowest BCUT2D eigenvalue weighted by Gasteiger charge is -2.32. The molecule has 1 aliphatic carbocycles. The molecule has 0 aromatic heterocycles. The van der Waals surface area contributed by atoms with E-state index in [9.17, 15) is 13.2 Å². The Morgan fingerprint density at radius 2 is 1.88 bits per heavy atom. The van der Waals surface area contributed by atoms with Crippen LogP contribution in [0.4, 0.5) is 0 Å². The molecule has 1 saturated heterocycles. The molecule has 1 atom stereocenters. The summed E-state index contributed by atoms with van der Waals surface area (Å²) in [5.74, 6) is -0.471. The third kappa shape index (κ3) is 4.91. The van der Waals surface area contributed by atoms with E-state index in [0.717, 1.165) is 32.1 Å². The topological polar surface area (TPSA) is 66.5 Å². The minimum Gasteiger partial charge on any atom is -0.353 e. The largest absolute Gasteiger partial charge is 0.353 e. The summed E-state index contributed by atoms with van der Waals surface area (Å²) < 4.78 is 27.0. The molecule has 1 unspecified atom stereocenters. The maximum atomic E-state index is 12.8. The van der Waals surface area contributed by atoms with Gasteiger partial charge < -0.3 is 5.32 Å². The van der Waals surface area contributed by atoms with E-state index in [1.54, 1.807) is 18.2 Å². The van der Waals surface area contributed by atoms with Crippen LogP contribution in [-0.4, -0.2) is 37.8 Å². The van der Waals surface area contributed by atoms with Gasteiger partial charge in [-0.2, -0.15) is 0 Å². The zero-order valence-electron chi connectivity index (χ0n) is 14.6. The molecule has 1 heterocycles. The van der Waals surface area contributed by atoms with E-state index in [2.05, 4.69) is 5.32 Å². The van der Waals surface area contributed by atoms with Crippen molar-refractivity contribution in [1.29, 1.82) is 0 Å². The molecule has 144 valence electrons. The highest BCUT2D eigenvalue weighted by molar-refractivity contribution is 7.88. The van der Waals surface area contributed by atoms with Crippen molar-refractivity contribution in [1.82, 2.24) is 9.62 Å². The lowest BCUT2D eigenvalue weighted by atomic mass is 9.98. The van der Waals surface area contributed by atoms with Crippen LogP contribution in [0.1, 0.15) is 44.1 Å². The Labute approximate surface area is 165 Å². The summed E-state index contributed by atoms with van der Waals surface area (Å²) in [4.78, 5) is 12.5. The molecule has 0 radical (unpaired) electrons. The van der Waals surface area contributed by atoms with Crippen LogP contribution in [0.3, 0.4) is 0 Å². The third-order valence-corrected chi connectivity index (χ3v) is 7.58. The third-order valence-electron chi connectivity index (χ3n) is 5.20. The molecule has 3 rings (SSSR count). The summed E-state index contributed by atoms with van der Waals surface area (Å²) in [6.45, 7) is 0.687. The number of benzene rings is 1. The van der Waals surface area contributed by atoms with Crippen LogP contribution < -0.4 is 5.32 Å². The lowest BCUT2D eigenvalue weighted by Crippen LogP contribution is -2.47. The minimum atomic E-state index is -3.54. The average Bonchev–Trinajstić information content (AvgIpc) is 3.10. The van der Waals surface area contributed by atoms with Crippen molar-refractivity contribution in [2.75, 3.05) is 13.1 Å². The smallest absolute Gasteiger partial charge is 0.224 e. The van der Waals surface area contributed by atoms with Crippen molar-refractivity contribution in [3.05, 3.63) is 33.8 Å². The molecule has 1 aromatic rings. The summed E-state index contributed by atoms with van der Waals surface area (Å²) in [7, 11) is -3.54. The van der Waals surface area contributed by atoms with Crippen molar-refractivity contribution in [3.8, 4) is 0 Å². The highest BCUT2D eigenvalue weighted by atomic mass is 35.5. The van der Waals surface area contributed by atoms with E-state index in [1.165, 1.54) is 4.31 Å². The van der Waals surface area contributed by atoms with Gasteiger partial charge in [-0.15, -0.1) is 0 Å². The molecule has 1 aromatic carbocycles. The fourth-order valence-corrected chi connectivity index (χ4v) is 5.92. The number of nitrogens with one attached hydrogen (secondary N) is 1. The molecule has 1 amide bonds. The summed E-state index contributed by atoms with van der Waals surface area (Å²) in [5.41, 5.74) is 0.522. The normalized spacial score (nSPS) is 22.5. The predicted molar refractivity (Wildman–Crippen MR) is 104 cm³/mol. The van der Waals surface area contributed by atoms with Gasteiger partial charge >= 0.3 is 0 Å². The summed E-state index contributed by atoms with van der Waals surface area (Å²) >= 11 is 12.0. The first-order chi connectivity index (χ1) is 12.3. The standard InChI is InChI=1S/C18H24Cl2N2O3S/c19-15-8-7-14(17(20)10-15)12-26(24,25)22-9-3-4-13(11-22)18(23)21-16-5-1-2-6-16/h7-8,10,13,16H,1-6,9,11-12H2,(H,21,23). The van der Waals surface area contributed by atoms with Crippen LogP contribution >= 0.6 is 23.2 Å². The second-order valence-corrected chi connectivity index (χ2v) is 9.99. The number of rotatable bonds is 5.